The average molecular weight is 262 g/mol. The van der Waals surface area contributed by atoms with Crippen molar-refractivity contribution in [3.63, 3.8) is 0 Å². The fourth-order valence-electron chi connectivity index (χ4n) is 2.37. The number of hydrogen-bond acceptors (Lipinski definition) is 2. The number of nitrogens with one attached hydrogen (secondary N) is 1. The summed E-state index contributed by atoms with van der Waals surface area (Å²) in [5.41, 5.74) is 0.428. The SMILES string of the molecule is Fc1ccc(NC2CCCCC2C(F)(F)F)cn1. The second kappa shape index (κ2) is 5.12. The lowest BCUT2D eigenvalue weighted by molar-refractivity contribution is -0.184. The van der Waals surface area contributed by atoms with E-state index in [1.54, 1.807) is 0 Å². The van der Waals surface area contributed by atoms with E-state index in [-0.39, 0.29) is 6.42 Å². The number of nitrogens with zero attached hydrogens (tertiary/aromatic N) is 1. The molecule has 2 rings (SSSR count). The van der Waals surface area contributed by atoms with Gasteiger partial charge in [-0.3, -0.25) is 0 Å². The minimum absolute atomic E-state index is 0.149. The van der Waals surface area contributed by atoms with Crippen molar-refractivity contribution >= 4 is 5.69 Å². The van der Waals surface area contributed by atoms with Gasteiger partial charge >= 0.3 is 6.18 Å². The third kappa shape index (κ3) is 3.11. The quantitative estimate of drug-likeness (QED) is 0.648. The number of rotatable bonds is 2. The molecule has 0 saturated heterocycles. The van der Waals surface area contributed by atoms with Crippen LogP contribution in [-0.4, -0.2) is 17.2 Å². The van der Waals surface area contributed by atoms with Gasteiger partial charge in [0, 0.05) is 6.04 Å². The monoisotopic (exact) mass is 262 g/mol. The zero-order valence-electron chi connectivity index (χ0n) is 9.67. The molecule has 2 nitrogen and oxygen atoms in total. The molecule has 0 aliphatic heterocycles. The molecule has 2 atom stereocenters. The zero-order valence-corrected chi connectivity index (χ0v) is 9.67. The van der Waals surface area contributed by atoms with E-state index >= 15 is 0 Å². The molecule has 2 unspecified atom stereocenters. The van der Waals surface area contributed by atoms with Crippen LogP contribution >= 0.6 is 0 Å². The fourth-order valence-corrected chi connectivity index (χ4v) is 2.37. The molecular formula is C12H14F4N2. The lowest BCUT2D eigenvalue weighted by Crippen LogP contribution is -2.41. The van der Waals surface area contributed by atoms with Crippen molar-refractivity contribution in [2.24, 2.45) is 5.92 Å². The molecule has 1 N–H and O–H groups in total. The normalized spacial score (nSPS) is 24.9. The second-order valence-corrected chi connectivity index (χ2v) is 4.55. The molecule has 1 aliphatic rings. The van der Waals surface area contributed by atoms with Gasteiger partial charge < -0.3 is 5.32 Å². The van der Waals surface area contributed by atoms with E-state index in [0.29, 0.717) is 18.5 Å². The van der Waals surface area contributed by atoms with Gasteiger partial charge in [-0.1, -0.05) is 12.8 Å². The summed E-state index contributed by atoms with van der Waals surface area (Å²) < 4.78 is 51.1. The standard InChI is InChI=1S/C12H14F4N2/c13-11-6-5-8(7-17-11)18-10-4-2-1-3-9(10)12(14,15)16/h5-7,9-10,18H,1-4H2. The van der Waals surface area contributed by atoms with Gasteiger partial charge in [0.2, 0.25) is 5.95 Å². The van der Waals surface area contributed by atoms with Crippen molar-refractivity contribution in [3.8, 4) is 0 Å². The smallest absolute Gasteiger partial charge is 0.380 e. The largest absolute Gasteiger partial charge is 0.393 e. The first-order valence-corrected chi connectivity index (χ1v) is 5.91. The number of halogens is 4. The summed E-state index contributed by atoms with van der Waals surface area (Å²) in [4.78, 5) is 3.42. The Hall–Kier alpha value is -1.33. The molecule has 1 heterocycles. The van der Waals surface area contributed by atoms with Crippen LogP contribution in [0.3, 0.4) is 0 Å². The van der Waals surface area contributed by atoms with Crippen LogP contribution in [0.2, 0.25) is 0 Å². The van der Waals surface area contributed by atoms with Crippen LogP contribution < -0.4 is 5.32 Å². The first-order valence-electron chi connectivity index (χ1n) is 5.91. The van der Waals surface area contributed by atoms with E-state index in [4.69, 9.17) is 0 Å². The third-order valence-corrected chi connectivity index (χ3v) is 3.27. The Labute approximate surface area is 102 Å². The Morgan fingerprint density at radius 3 is 2.50 bits per heavy atom. The summed E-state index contributed by atoms with van der Waals surface area (Å²) in [6.07, 6.45) is -0.969. The Bertz CT molecular complexity index is 388. The first-order chi connectivity index (χ1) is 8.47. The Kier molecular flexibility index (Phi) is 3.73. The van der Waals surface area contributed by atoms with Crippen molar-refractivity contribution in [3.05, 3.63) is 24.3 Å². The van der Waals surface area contributed by atoms with E-state index in [2.05, 4.69) is 10.3 Å². The van der Waals surface area contributed by atoms with Crippen molar-refractivity contribution in [1.82, 2.24) is 4.98 Å². The second-order valence-electron chi connectivity index (χ2n) is 4.55. The molecule has 0 aromatic carbocycles. The van der Waals surface area contributed by atoms with Crippen LogP contribution in [0.4, 0.5) is 23.2 Å². The minimum atomic E-state index is -4.19. The maximum absolute atomic E-state index is 12.8. The molecule has 0 amide bonds. The molecule has 100 valence electrons. The van der Waals surface area contributed by atoms with Crippen LogP contribution in [0.1, 0.15) is 25.7 Å². The fraction of sp³-hybridized carbons (Fsp3) is 0.583. The Balaban J connectivity index is 2.08. The van der Waals surface area contributed by atoms with E-state index in [1.807, 2.05) is 0 Å². The van der Waals surface area contributed by atoms with Gasteiger partial charge in [-0.05, 0) is 25.0 Å². The molecule has 1 fully saturated rings. The van der Waals surface area contributed by atoms with Gasteiger partial charge in [-0.15, -0.1) is 0 Å². The van der Waals surface area contributed by atoms with Crippen molar-refractivity contribution in [1.29, 1.82) is 0 Å². The summed E-state index contributed by atoms with van der Waals surface area (Å²) in [6, 6.07) is 1.89. The topological polar surface area (TPSA) is 24.9 Å². The predicted molar refractivity (Wildman–Crippen MR) is 59.6 cm³/mol. The van der Waals surface area contributed by atoms with Gasteiger partial charge in [0.05, 0.1) is 17.8 Å². The molecule has 0 spiro atoms. The lowest BCUT2D eigenvalue weighted by Gasteiger charge is -2.34. The summed E-state index contributed by atoms with van der Waals surface area (Å²) in [6.45, 7) is 0. The van der Waals surface area contributed by atoms with Crippen LogP contribution in [0.5, 0.6) is 0 Å². The van der Waals surface area contributed by atoms with Gasteiger partial charge in [0.15, 0.2) is 0 Å². The molecule has 18 heavy (non-hydrogen) atoms. The molecule has 0 bridgehead atoms. The third-order valence-electron chi connectivity index (χ3n) is 3.27. The summed E-state index contributed by atoms with van der Waals surface area (Å²) in [5, 5.41) is 2.82. The summed E-state index contributed by atoms with van der Waals surface area (Å²) in [7, 11) is 0. The van der Waals surface area contributed by atoms with Crippen LogP contribution in [0.15, 0.2) is 18.3 Å². The van der Waals surface area contributed by atoms with Crippen molar-refractivity contribution in [2.75, 3.05) is 5.32 Å². The van der Waals surface area contributed by atoms with E-state index in [9.17, 15) is 17.6 Å². The minimum Gasteiger partial charge on any atom is -0.380 e. The van der Waals surface area contributed by atoms with Gasteiger partial charge in [-0.25, -0.2) is 4.98 Å². The van der Waals surface area contributed by atoms with Gasteiger partial charge in [-0.2, -0.15) is 17.6 Å². The highest BCUT2D eigenvalue weighted by atomic mass is 19.4. The molecule has 1 aromatic rings. The average Bonchev–Trinajstić information content (AvgIpc) is 2.31. The molecular weight excluding hydrogens is 248 g/mol. The first kappa shape index (κ1) is 13.1. The van der Waals surface area contributed by atoms with E-state index in [0.717, 1.165) is 12.5 Å². The molecule has 1 saturated carbocycles. The van der Waals surface area contributed by atoms with Crippen LogP contribution in [0, 0.1) is 11.9 Å². The molecule has 1 aliphatic carbocycles. The Morgan fingerprint density at radius 1 is 1.17 bits per heavy atom. The lowest BCUT2D eigenvalue weighted by atomic mass is 9.84. The number of aromatic nitrogens is 1. The molecule has 0 radical (unpaired) electrons. The molecule has 6 heteroatoms. The Morgan fingerprint density at radius 2 is 1.89 bits per heavy atom. The van der Waals surface area contributed by atoms with E-state index in [1.165, 1.54) is 12.3 Å². The highest BCUT2D eigenvalue weighted by Crippen LogP contribution is 2.38. The maximum Gasteiger partial charge on any atom is 0.393 e. The van der Waals surface area contributed by atoms with Crippen LogP contribution in [0.25, 0.3) is 0 Å². The highest BCUT2D eigenvalue weighted by Gasteiger charge is 2.45. The number of hydrogen-bond donors (Lipinski definition) is 1. The number of alkyl halides is 3. The maximum atomic E-state index is 12.8. The number of pyridine rings is 1. The van der Waals surface area contributed by atoms with Crippen molar-refractivity contribution in [2.45, 2.75) is 37.9 Å². The van der Waals surface area contributed by atoms with Crippen LogP contribution in [-0.2, 0) is 0 Å². The highest BCUT2D eigenvalue weighted by molar-refractivity contribution is 5.41. The number of anilines is 1. The zero-order chi connectivity index (χ0) is 13.2. The van der Waals surface area contributed by atoms with E-state index < -0.39 is 24.1 Å². The summed E-state index contributed by atoms with van der Waals surface area (Å²) in [5.74, 6) is -1.98. The molecule has 1 aromatic heterocycles. The summed E-state index contributed by atoms with van der Waals surface area (Å²) >= 11 is 0. The van der Waals surface area contributed by atoms with Gasteiger partial charge in [0.1, 0.15) is 0 Å². The predicted octanol–water partition coefficient (Wildman–Crippen LogP) is 3.75. The van der Waals surface area contributed by atoms with Gasteiger partial charge in [0.25, 0.3) is 0 Å². The van der Waals surface area contributed by atoms with Crippen molar-refractivity contribution < 1.29 is 17.6 Å².